The molecule has 3 aromatic rings. The summed E-state index contributed by atoms with van der Waals surface area (Å²) in [5, 5.41) is 3.32. The summed E-state index contributed by atoms with van der Waals surface area (Å²) in [6.45, 7) is 0. The first-order valence-corrected chi connectivity index (χ1v) is 10.7. The molecule has 3 aromatic carbocycles. The lowest BCUT2D eigenvalue weighted by Crippen LogP contribution is -2.42. The second-order valence-corrected chi connectivity index (χ2v) is 8.02. The predicted molar refractivity (Wildman–Crippen MR) is 125 cm³/mol. The molecule has 0 aliphatic carbocycles. The Morgan fingerprint density at radius 2 is 1.71 bits per heavy atom. The maximum Gasteiger partial charge on any atom is 0.304 e. The Morgan fingerprint density at radius 3 is 2.35 bits per heavy atom. The van der Waals surface area contributed by atoms with Gasteiger partial charge in [-0.1, -0.05) is 23.7 Å². The van der Waals surface area contributed by atoms with Gasteiger partial charge in [0.25, 0.3) is 5.91 Å². The first kappa shape index (κ1) is 23.3. The molecule has 34 heavy (non-hydrogen) atoms. The molecule has 1 aliphatic heterocycles. The topological polar surface area (TPSA) is 79.7 Å². The number of hydrogen-bond acceptors (Lipinski definition) is 4. The number of amides is 2. The third kappa shape index (κ3) is 4.87. The van der Waals surface area contributed by atoms with Gasteiger partial charge in [0.15, 0.2) is 17.5 Å². The van der Waals surface area contributed by atoms with Crippen molar-refractivity contribution in [1.29, 1.82) is 0 Å². The zero-order valence-electron chi connectivity index (χ0n) is 18.4. The van der Waals surface area contributed by atoms with E-state index in [1.54, 1.807) is 54.4 Å². The highest BCUT2D eigenvalue weighted by Crippen LogP contribution is 2.29. The summed E-state index contributed by atoms with van der Waals surface area (Å²) in [5.74, 6) is -0.237. The van der Waals surface area contributed by atoms with Crippen LogP contribution in [0.5, 0.6) is 11.5 Å². The summed E-state index contributed by atoms with van der Waals surface area (Å²) in [6.07, 6.45) is 1.74. The van der Waals surface area contributed by atoms with Gasteiger partial charge in [-0.3, -0.25) is 9.59 Å². The molecule has 2 amide bonds. The number of hydrazone groups is 1. The van der Waals surface area contributed by atoms with Crippen LogP contribution in [0.1, 0.15) is 27.5 Å². The normalized spacial score (nSPS) is 18.5. The molecule has 174 valence electrons. The molecule has 1 fully saturated rings. The number of ether oxygens (including phenoxy) is 2. The number of rotatable bonds is 6. The van der Waals surface area contributed by atoms with Crippen molar-refractivity contribution in [2.75, 3.05) is 14.2 Å². The van der Waals surface area contributed by atoms with Crippen LogP contribution >= 0.6 is 11.6 Å². The minimum absolute atomic E-state index is 0.242. The van der Waals surface area contributed by atoms with Gasteiger partial charge in [-0.2, -0.15) is 0 Å². The number of halogens is 2. The number of carbonyl (C=O) groups excluding carboxylic acids is 2. The Hall–Kier alpha value is -3.91. The number of hydrogen-bond donors (Lipinski definition) is 2. The fourth-order valence-electron chi connectivity index (χ4n) is 3.76. The van der Waals surface area contributed by atoms with Crippen LogP contribution in [-0.4, -0.2) is 43.0 Å². The second kappa shape index (κ2) is 9.93. The molecule has 9 heteroatoms. The molecule has 2 atom stereocenters. The fraction of sp³-hybridized carbons (Fsp3) is 0.160. The monoisotopic (exact) mass is 482 g/mol. The van der Waals surface area contributed by atoms with Gasteiger partial charge in [0.1, 0.15) is 5.82 Å². The molecule has 0 aromatic heterocycles. The van der Waals surface area contributed by atoms with E-state index in [2.05, 4.69) is 10.7 Å². The largest absolute Gasteiger partial charge is 0.493 e. The van der Waals surface area contributed by atoms with Gasteiger partial charge >= 0.3 is 5.91 Å². The number of nitrogens with zero attached hydrogens (tertiary/aromatic N) is 1. The molecule has 1 heterocycles. The van der Waals surface area contributed by atoms with E-state index >= 15 is 0 Å². The Kier molecular flexibility index (Phi) is 6.79. The van der Waals surface area contributed by atoms with Crippen LogP contribution in [0.25, 0.3) is 0 Å². The van der Waals surface area contributed by atoms with Gasteiger partial charge < -0.3 is 14.8 Å². The third-order valence-corrected chi connectivity index (χ3v) is 5.69. The van der Waals surface area contributed by atoms with E-state index in [9.17, 15) is 14.0 Å². The van der Waals surface area contributed by atoms with Crippen molar-refractivity contribution in [3.63, 3.8) is 0 Å². The Balaban J connectivity index is 1.71. The number of carbonyl (C=O) groups is 2. The second-order valence-electron chi connectivity index (χ2n) is 7.58. The molecule has 1 saturated heterocycles. The lowest BCUT2D eigenvalue weighted by Gasteiger charge is -2.15. The smallest absolute Gasteiger partial charge is 0.304 e. The molecule has 2 N–H and O–H groups in total. The van der Waals surface area contributed by atoms with Crippen LogP contribution in [0.15, 0.2) is 66.7 Å². The van der Waals surface area contributed by atoms with E-state index in [0.29, 0.717) is 16.5 Å². The zero-order valence-corrected chi connectivity index (χ0v) is 19.2. The molecular weight excluding hydrogens is 461 g/mol. The van der Waals surface area contributed by atoms with Crippen molar-refractivity contribution in [1.82, 2.24) is 10.7 Å². The summed E-state index contributed by atoms with van der Waals surface area (Å²) in [5.41, 5.74) is 4.54. The van der Waals surface area contributed by atoms with Crippen molar-refractivity contribution in [2.24, 2.45) is 0 Å². The molecule has 0 spiro atoms. The molecule has 0 saturated carbocycles. The van der Waals surface area contributed by atoms with E-state index in [0.717, 1.165) is 11.1 Å². The van der Waals surface area contributed by atoms with Crippen molar-refractivity contribution in [3.05, 3.63) is 94.3 Å². The van der Waals surface area contributed by atoms with Crippen LogP contribution in [0.3, 0.4) is 0 Å². The molecule has 0 bridgehead atoms. The Morgan fingerprint density at radius 1 is 1.03 bits per heavy atom. The standard InChI is InChI=1S/C25H21ClFN3O4/c1-33-20-12-3-15(13-21(20)34-2)14-30-23(16-4-8-18(26)9-5-16)22(25(32)29-30)28-24(31)17-6-10-19(27)11-7-17/h3-14,22-23H,1-2H3,(H-,28,29,31,32)/p+1/b30-14-/t22-,23+/m0/s1. The summed E-state index contributed by atoms with van der Waals surface area (Å²) in [4.78, 5) is 25.8. The lowest BCUT2D eigenvalue weighted by atomic mass is 9.99. The third-order valence-electron chi connectivity index (χ3n) is 5.44. The van der Waals surface area contributed by atoms with E-state index < -0.39 is 29.7 Å². The van der Waals surface area contributed by atoms with Gasteiger partial charge in [0, 0.05) is 21.7 Å². The Bertz CT molecular complexity index is 1250. The predicted octanol–water partition coefficient (Wildman–Crippen LogP) is 3.51. The molecule has 4 rings (SSSR count). The van der Waals surface area contributed by atoms with Gasteiger partial charge in [0.2, 0.25) is 12.3 Å². The van der Waals surface area contributed by atoms with Crippen LogP contribution in [0, 0.1) is 5.82 Å². The average molecular weight is 483 g/mol. The first-order chi connectivity index (χ1) is 16.4. The summed E-state index contributed by atoms with van der Waals surface area (Å²) >= 11 is 6.06. The summed E-state index contributed by atoms with van der Waals surface area (Å²) in [7, 11) is 3.09. The van der Waals surface area contributed by atoms with Crippen molar-refractivity contribution in [2.45, 2.75) is 12.1 Å². The number of methoxy groups -OCH3 is 2. The minimum Gasteiger partial charge on any atom is -0.493 e. The first-order valence-electron chi connectivity index (χ1n) is 10.4. The van der Waals surface area contributed by atoms with E-state index in [1.165, 1.54) is 31.4 Å². The average Bonchev–Trinajstić information content (AvgIpc) is 3.14. The van der Waals surface area contributed by atoms with Crippen LogP contribution < -0.4 is 20.2 Å². The van der Waals surface area contributed by atoms with Crippen molar-refractivity contribution >= 4 is 29.6 Å². The van der Waals surface area contributed by atoms with E-state index in [4.69, 9.17) is 21.1 Å². The molecule has 1 aliphatic rings. The molecule has 0 unspecified atom stereocenters. The highest BCUT2D eigenvalue weighted by atomic mass is 35.5. The maximum atomic E-state index is 13.3. The van der Waals surface area contributed by atoms with Gasteiger partial charge in [-0.05, 0) is 54.6 Å². The highest BCUT2D eigenvalue weighted by Gasteiger charge is 2.47. The summed E-state index contributed by atoms with van der Waals surface area (Å²) < 4.78 is 25.5. The molecular formula is C25H22ClFN3O4+. The fourth-order valence-corrected chi connectivity index (χ4v) is 3.89. The molecule has 0 radical (unpaired) electrons. The van der Waals surface area contributed by atoms with Gasteiger partial charge in [-0.15, -0.1) is 10.1 Å². The van der Waals surface area contributed by atoms with Crippen LogP contribution in [0.4, 0.5) is 4.39 Å². The van der Waals surface area contributed by atoms with Gasteiger partial charge in [0.05, 0.1) is 14.2 Å². The van der Waals surface area contributed by atoms with Crippen LogP contribution in [-0.2, 0) is 4.79 Å². The van der Waals surface area contributed by atoms with Crippen molar-refractivity contribution in [3.8, 4) is 11.5 Å². The lowest BCUT2D eigenvalue weighted by molar-refractivity contribution is -0.596. The van der Waals surface area contributed by atoms with E-state index in [1.807, 2.05) is 6.07 Å². The molecule has 7 nitrogen and oxygen atoms in total. The zero-order chi connectivity index (χ0) is 24.2. The van der Waals surface area contributed by atoms with Gasteiger partial charge in [-0.25, -0.2) is 4.39 Å². The Labute approximate surface area is 200 Å². The van der Waals surface area contributed by atoms with Crippen LogP contribution in [0.2, 0.25) is 5.02 Å². The van der Waals surface area contributed by atoms with Crippen molar-refractivity contribution < 1.29 is 28.1 Å². The number of nitrogens with one attached hydrogen (secondary N) is 2. The maximum absolute atomic E-state index is 13.3. The summed E-state index contributed by atoms with van der Waals surface area (Å²) in [6, 6.07) is 16.0. The highest BCUT2D eigenvalue weighted by molar-refractivity contribution is 6.30. The quantitative estimate of drug-likeness (QED) is 0.527. The SMILES string of the molecule is COc1ccc(/C=[N+]2\NC(=O)[C@@H](NC(=O)c3ccc(F)cc3)[C@H]2c2ccc(Cl)cc2)cc1OC. The van der Waals surface area contributed by atoms with E-state index in [-0.39, 0.29) is 5.56 Å². The minimum atomic E-state index is -0.921. The number of benzene rings is 3. The number of hydrazine groups is 1.